The number of Topliss-reactive ketones (excluding diaryl/α,β-unsaturated/α-hetero) is 1. The van der Waals surface area contributed by atoms with Crippen LogP contribution in [-0.2, 0) is 19.1 Å². The van der Waals surface area contributed by atoms with Crippen LogP contribution in [0.5, 0.6) is 0 Å². The molecule has 2 atom stereocenters. The molecule has 8 heteroatoms. The van der Waals surface area contributed by atoms with E-state index in [1.807, 2.05) is 0 Å². The Labute approximate surface area is 120 Å². The summed E-state index contributed by atoms with van der Waals surface area (Å²) < 4.78 is 40.5. The fraction of sp³-hybridized carbons (Fsp3) is 0.769. The van der Waals surface area contributed by atoms with Gasteiger partial charge in [0, 0.05) is 6.42 Å². The van der Waals surface area contributed by atoms with E-state index in [4.69, 9.17) is 5.11 Å². The number of esters is 1. The van der Waals surface area contributed by atoms with Crippen molar-refractivity contribution in [3.8, 4) is 0 Å². The molecular weight excluding hydrogens is 293 g/mol. The van der Waals surface area contributed by atoms with Gasteiger partial charge in [0.15, 0.2) is 5.78 Å². The monoisotopic (exact) mass is 312 g/mol. The maximum absolute atomic E-state index is 12.0. The molecule has 0 aliphatic rings. The molecule has 0 aliphatic heterocycles. The minimum absolute atomic E-state index is 0.0169. The summed E-state index contributed by atoms with van der Waals surface area (Å²) in [5.74, 6) is -3.88. The summed E-state index contributed by atoms with van der Waals surface area (Å²) in [6.45, 7) is 3.21. The van der Waals surface area contributed by atoms with Crippen molar-refractivity contribution in [3.05, 3.63) is 0 Å². The predicted octanol–water partition coefficient (Wildman–Crippen LogP) is 2.58. The van der Waals surface area contributed by atoms with Gasteiger partial charge in [-0.3, -0.25) is 14.4 Å². The maximum atomic E-state index is 12.0. The zero-order valence-corrected chi connectivity index (χ0v) is 12.1. The third kappa shape index (κ3) is 6.14. The molecule has 0 rings (SSSR count). The largest absolute Gasteiger partial charge is 0.481 e. The van der Waals surface area contributed by atoms with Gasteiger partial charge >= 0.3 is 18.1 Å². The molecule has 0 heterocycles. The predicted molar refractivity (Wildman–Crippen MR) is 66.5 cm³/mol. The SMILES string of the molecule is CCC(C)(C(=O)CC(C)C(=O)O)C(=O)OCCC(F)(F)F. The van der Waals surface area contributed by atoms with Gasteiger partial charge in [-0.25, -0.2) is 0 Å². The second kappa shape index (κ2) is 7.42. The minimum atomic E-state index is -4.45. The highest BCUT2D eigenvalue weighted by molar-refractivity contribution is 6.04. The van der Waals surface area contributed by atoms with Crippen LogP contribution in [0.1, 0.15) is 40.0 Å². The van der Waals surface area contributed by atoms with Crippen LogP contribution < -0.4 is 0 Å². The lowest BCUT2D eigenvalue weighted by Gasteiger charge is -2.25. The smallest absolute Gasteiger partial charge is 0.392 e. The molecule has 0 aromatic heterocycles. The Morgan fingerprint density at radius 1 is 1.24 bits per heavy atom. The molecular formula is C13H19F3O5. The van der Waals surface area contributed by atoms with Gasteiger partial charge in [0.1, 0.15) is 5.41 Å². The van der Waals surface area contributed by atoms with E-state index in [0.717, 1.165) is 0 Å². The summed E-state index contributed by atoms with van der Waals surface area (Å²) in [5, 5.41) is 8.75. The van der Waals surface area contributed by atoms with Crippen LogP contribution in [0, 0.1) is 11.3 Å². The van der Waals surface area contributed by atoms with Crippen molar-refractivity contribution in [1.82, 2.24) is 0 Å². The number of carboxylic acid groups (broad SMARTS) is 1. The third-order valence-electron chi connectivity index (χ3n) is 3.30. The first-order chi connectivity index (χ1) is 9.44. The molecule has 0 amide bonds. The highest BCUT2D eigenvalue weighted by Crippen LogP contribution is 2.28. The zero-order valence-electron chi connectivity index (χ0n) is 12.1. The van der Waals surface area contributed by atoms with Crippen molar-refractivity contribution in [2.75, 3.05) is 6.61 Å². The number of carboxylic acids is 1. The number of halogens is 3. The van der Waals surface area contributed by atoms with Crippen molar-refractivity contribution in [1.29, 1.82) is 0 Å². The molecule has 0 aromatic rings. The van der Waals surface area contributed by atoms with Crippen molar-refractivity contribution >= 4 is 17.7 Å². The molecule has 122 valence electrons. The van der Waals surface area contributed by atoms with Gasteiger partial charge in [0.2, 0.25) is 0 Å². The summed E-state index contributed by atoms with van der Waals surface area (Å²) in [7, 11) is 0. The Kier molecular flexibility index (Phi) is 6.85. The summed E-state index contributed by atoms with van der Waals surface area (Å²) >= 11 is 0. The average molecular weight is 312 g/mol. The van der Waals surface area contributed by atoms with Crippen molar-refractivity contribution < 1.29 is 37.4 Å². The molecule has 0 aliphatic carbocycles. The van der Waals surface area contributed by atoms with Crippen molar-refractivity contribution in [3.63, 3.8) is 0 Å². The quantitative estimate of drug-likeness (QED) is 0.550. The highest BCUT2D eigenvalue weighted by Gasteiger charge is 2.42. The normalized spacial score (nSPS) is 15.9. The maximum Gasteiger partial charge on any atom is 0.392 e. The van der Waals surface area contributed by atoms with Crippen LogP contribution >= 0.6 is 0 Å². The van der Waals surface area contributed by atoms with E-state index in [-0.39, 0.29) is 12.8 Å². The summed E-state index contributed by atoms with van der Waals surface area (Å²) in [4.78, 5) is 34.6. The second-order valence-corrected chi connectivity index (χ2v) is 5.05. The van der Waals surface area contributed by atoms with Crippen LogP contribution in [0.3, 0.4) is 0 Å². The molecule has 0 radical (unpaired) electrons. The van der Waals surface area contributed by atoms with Gasteiger partial charge in [0.05, 0.1) is 18.9 Å². The molecule has 0 spiro atoms. The molecule has 0 aromatic carbocycles. The molecule has 0 saturated carbocycles. The zero-order chi connectivity index (χ0) is 16.8. The van der Waals surface area contributed by atoms with Gasteiger partial charge < -0.3 is 9.84 Å². The lowest BCUT2D eigenvalue weighted by atomic mass is 9.79. The number of ketones is 1. The topological polar surface area (TPSA) is 80.7 Å². The van der Waals surface area contributed by atoms with E-state index in [0.29, 0.717) is 0 Å². The first-order valence-corrected chi connectivity index (χ1v) is 6.44. The molecule has 0 fully saturated rings. The Bertz CT molecular complexity index is 405. The molecule has 5 nitrogen and oxygen atoms in total. The first kappa shape index (κ1) is 19.4. The van der Waals surface area contributed by atoms with Crippen molar-refractivity contribution in [2.24, 2.45) is 11.3 Å². The lowest BCUT2D eigenvalue weighted by Crippen LogP contribution is -2.39. The summed E-state index contributed by atoms with van der Waals surface area (Å²) in [5.41, 5.74) is -1.63. The van der Waals surface area contributed by atoms with Crippen LogP contribution in [0.15, 0.2) is 0 Å². The van der Waals surface area contributed by atoms with E-state index >= 15 is 0 Å². The van der Waals surface area contributed by atoms with Gasteiger partial charge in [-0.05, 0) is 13.3 Å². The van der Waals surface area contributed by atoms with E-state index in [9.17, 15) is 27.6 Å². The number of aliphatic carboxylic acids is 1. The second-order valence-electron chi connectivity index (χ2n) is 5.05. The number of carbonyl (C=O) groups is 3. The van der Waals surface area contributed by atoms with Crippen LogP contribution in [0.2, 0.25) is 0 Å². The van der Waals surface area contributed by atoms with Crippen molar-refractivity contribution in [2.45, 2.75) is 46.2 Å². The molecule has 0 bridgehead atoms. The lowest BCUT2D eigenvalue weighted by molar-refractivity contribution is -0.169. The van der Waals surface area contributed by atoms with Gasteiger partial charge in [-0.1, -0.05) is 13.8 Å². The van der Waals surface area contributed by atoms with Gasteiger partial charge in [-0.2, -0.15) is 13.2 Å². The standard InChI is InChI=1S/C13H19F3O5/c1-4-12(3,9(17)7-8(2)10(18)19)11(20)21-6-5-13(14,15)16/h8H,4-7H2,1-3H3,(H,18,19). The number of hydrogen-bond acceptors (Lipinski definition) is 4. The Balaban J connectivity index is 4.73. The summed E-state index contributed by atoms with van der Waals surface area (Å²) in [6, 6.07) is 0. The van der Waals surface area contributed by atoms with Gasteiger partial charge in [0.25, 0.3) is 0 Å². The number of hydrogen-bond donors (Lipinski definition) is 1. The Morgan fingerprint density at radius 2 is 1.76 bits per heavy atom. The van der Waals surface area contributed by atoms with E-state index in [1.165, 1.54) is 20.8 Å². The highest BCUT2D eigenvalue weighted by atomic mass is 19.4. The van der Waals surface area contributed by atoms with E-state index < -0.39 is 48.3 Å². The third-order valence-corrected chi connectivity index (χ3v) is 3.30. The van der Waals surface area contributed by atoms with Crippen LogP contribution in [-0.4, -0.2) is 35.6 Å². The van der Waals surface area contributed by atoms with Crippen LogP contribution in [0.25, 0.3) is 0 Å². The number of alkyl halides is 3. The number of carbonyl (C=O) groups excluding carboxylic acids is 2. The fourth-order valence-corrected chi connectivity index (χ4v) is 1.46. The molecule has 2 unspecified atom stereocenters. The summed E-state index contributed by atoms with van der Waals surface area (Å²) in [6.07, 6.45) is -6.11. The average Bonchev–Trinajstić information content (AvgIpc) is 2.35. The molecule has 21 heavy (non-hydrogen) atoms. The first-order valence-electron chi connectivity index (χ1n) is 6.44. The Hall–Kier alpha value is -1.60. The molecule has 0 saturated heterocycles. The van der Waals surface area contributed by atoms with Crippen LogP contribution in [0.4, 0.5) is 13.2 Å². The number of rotatable bonds is 8. The Morgan fingerprint density at radius 3 is 2.14 bits per heavy atom. The van der Waals surface area contributed by atoms with E-state index in [1.54, 1.807) is 0 Å². The fourth-order valence-electron chi connectivity index (χ4n) is 1.46. The number of ether oxygens (including phenoxy) is 1. The minimum Gasteiger partial charge on any atom is -0.481 e. The van der Waals surface area contributed by atoms with E-state index in [2.05, 4.69) is 4.74 Å². The molecule has 1 N–H and O–H groups in total. The van der Waals surface area contributed by atoms with Gasteiger partial charge in [-0.15, -0.1) is 0 Å².